The van der Waals surface area contributed by atoms with E-state index in [9.17, 15) is 43.2 Å². The molecule has 0 fully saturated rings. The SMILES string of the molecule is CCCCCC/C=C\C=C/CCCCCCCC(=O)O[C@H](COC(=O)CCCCCCCCCCCCCCCCC)COP(=O)(O)OC[C@@H](O)COP(=O)(O)OC[C@@H](COC(=O)CCCCCCCCCCCC)OC(=O)CCCCCCCCCCCCCCC. The Hall–Kier alpha value is -2.46. The van der Waals surface area contributed by atoms with Crippen LogP contribution in [0.5, 0.6) is 0 Å². The summed E-state index contributed by atoms with van der Waals surface area (Å²) < 4.78 is 68.4. The number of hydrogen-bond donors (Lipinski definition) is 3. The molecule has 0 aliphatic rings. The zero-order chi connectivity index (χ0) is 68.2. The Morgan fingerprint density at radius 2 is 0.516 bits per heavy atom. The molecule has 0 saturated carbocycles. The molecule has 0 heterocycles. The molecule has 19 heteroatoms. The Balaban J connectivity index is 5.28. The van der Waals surface area contributed by atoms with Gasteiger partial charge >= 0.3 is 39.5 Å². The van der Waals surface area contributed by atoms with Crippen LogP contribution in [0.25, 0.3) is 0 Å². The summed E-state index contributed by atoms with van der Waals surface area (Å²) >= 11 is 0. The van der Waals surface area contributed by atoms with Crippen molar-refractivity contribution >= 4 is 39.5 Å². The van der Waals surface area contributed by atoms with E-state index in [-0.39, 0.29) is 25.7 Å². The lowest BCUT2D eigenvalue weighted by Crippen LogP contribution is -2.30. The first-order chi connectivity index (χ1) is 45.2. The second-order valence-electron chi connectivity index (χ2n) is 26.0. The average molecular weight is 1360 g/mol. The first-order valence-electron chi connectivity index (χ1n) is 38.1. The summed E-state index contributed by atoms with van der Waals surface area (Å²) in [7, 11) is -9.92. The quantitative estimate of drug-likeness (QED) is 0.0169. The van der Waals surface area contributed by atoms with Crippen molar-refractivity contribution in [1.82, 2.24) is 0 Å². The molecule has 0 saturated heterocycles. The third-order valence-electron chi connectivity index (χ3n) is 16.7. The number of phosphoric ester groups is 2. The number of esters is 4. The number of aliphatic hydroxyl groups is 1. The van der Waals surface area contributed by atoms with Crippen LogP contribution in [0.2, 0.25) is 0 Å². The molecule has 548 valence electrons. The van der Waals surface area contributed by atoms with Crippen LogP contribution >= 0.6 is 15.6 Å². The fourth-order valence-corrected chi connectivity index (χ4v) is 12.4. The summed E-state index contributed by atoms with van der Waals surface area (Å²) in [5, 5.41) is 10.6. The van der Waals surface area contributed by atoms with Crippen LogP contribution in [0.15, 0.2) is 24.3 Å². The summed E-state index contributed by atoms with van der Waals surface area (Å²) in [5.41, 5.74) is 0. The Morgan fingerprint density at radius 3 is 0.785 bits per heavy atom. The molecular weight excluding hydrogens is 1220 g/mol. The van der Waals surface area contributed by atoms with Gasteiger partial charge in [0.15, 0.2) is 12.2 Å². The highest BCUT2D eigenvalue weighted by atomic mass is 31.2. The van der Waals surface area contributed by atoms with Crippen LogP contribution in [0.1, 0.15) is 368 Å². The molecule has 0 bridgehead atoms. The van der Waals surface area contributed by atoms with Crippen molar-refractivity contribution in [2.75, 3.05) is 39.6 Å². The predicted octanol–water partition coefficient (Wildman–Crippen LogP) is 21.4. The van der Waals surface area contributed by atoms with Crippen molar-refractivity contribution < 1.29 is 80.2 Å². The van der Waals surface area contributed by atoms with Crippen molar-refractivity contribution in [2.45, 2.75) is 386 Å². The number of rotatable bonds is 73. The highest BCUT2D eigenvalue weighted by Crippen LogP contribution is 2.45. The van der Waals surface area contributed by atoms with Crippen LogP contribution in [-0.4, -0.2) is 96.7 Å². The first-order valence-corrected chi connectivity index (χ1v) is 41.1. The monoisotopic (exact) mass is 1360 g/mol. The van der Waals surface area contributed by atoms with E-state index >= 15 is 0 Å². The Kier molecular flexibility index (Phi) is 66.3. The summed E-state index contributed by atoms with van der Waals surface area (Å²) in [6.07, 6.45) is 60.3. The number of phosphoric acid groups is 2. The molecule has 0 rings (SSSR count). The molecule has 0 spiro atoms. The molecule has 0 aliphatic carbocycles. The van der Waals surface area contributed by atoms with E-state index in [0.717, 1.165) is 103 Å². The summed E-state index contributed by atoms with van der Waals surface area (Å²) in [5.74, 6) is -2.14. The van der Waals surface area contributed by atoms with E-state index < -0.39 is 97.5 Å². The highest BCUT2D eigenvalue weighted by molar-refractivity contribution is 7.47. The molecule has 5 atom stereocenters. The van der Waals surface area contributed by atoms with E-state index in [4.69, 9.17) is 37.0 Å². The normalized spacial score (nSPS) is 14.1. The van der Waals surface area contributed by atoms with Gasteiger partial charge in [0, 0.05) is 25.7 Å². The lowest BCUT2D eigenvalue weighted by Gasteiger charge is -2.21. The first kappa shape index (κ1) is 90.5. The van der Waals surface area contributed by atoms with Gasteiger partial charge in [0.2, 0.25) is 0 Å². The van der Waals surface area contributed by atoms with Gasteiger partial charge in [-0.05, 0) is 51.4 Å². The number of hydrogen-bond acceptors (Lipinski definition) is 15. The molecule has 3 N–H and O–H groups in total. The fraction of sp³-hybridized carbons (Fsp3) is 0.892. The van der Waals surface area contributed by atoms with Gasteiger partial charge in [-0.15, -0.1) is 0 Å². The third kappa shape index (κ3) is 67.9. The number of unbranched alkanes of at least 4 members (excludes halogenated alkanes) is 44. The van der Waals surface area contributed by atoms with E-state index in [1.165, 1.54) is 186 Å². The molecule has 0 aromatic carbocycles. The number of allylic oxidation sites excluding steroid dienone is 4. The van der Waals surface area contributed by atoms with Gasteiger partial charge in [-0.2, -0.15) is 0 Å². The van der Waals surface area contributed by atoms with Crippen molar-refractivity contribution in [3.8, 4) is 0 Å². The molecule has 93 heavy (non-hydrogen) atoms. The van der Waals surface area contributed by atoms with E-state index in [1.807, 2.05) is 0 Å². The molecule has 0 amide bonds. The molecule has 0 aromatic rings. The maximum absolute atomic E-state index is 13.1. The van der Waals surface area contributed by atoms with Gasteiger partial charge < -0.3 is 33.8 Å². The second kappa shape index (κ2) is 68.1. The Labute approximate surface area is 567 Å². The molecular formula is C74H140O17P2. The number of carbonyl (C=O) groups is 4. The number of aliphatic hydroxyl groups excluding tert-OH is 1. The van der Waals surface area contributed by atoms with Crippen molar-refractivity contribution in [1.29, 1.82) is 0 Å². The van der Waals surface area contributed by atoms with Gasteiger partial charge in [-0.3, -0.25) is 37.3 Å². The van der Waals surface area contributed by atoms with Crippen molar-refractivity contribution in [3.63, 3.8) is 0 Å². The van der Waals surface area contributed by atoms with Crippen LogP contribution < -0.4 is 0 Å². The fourth-order valence-electron chi connectivity index (χ4n) is 10.9. The van der Waals surface area contributed by atoms with Crippen LogP contribution in [-0.2, 0) is 65.4 Å². The summed E-state index contributed by atoms with van der Waals surface area (Å²) in [4.78, 5) is 72.7. The third-order valence-corrected chi connectivity index (χ3v) is 18.6. The number of ether oxygens (including phenoxy) is 4. The van der Waals surface area contributed by atoms with Gasteiger partial charge in [0.05, 0.1) is 26.4 Å². The second-order valence-corrected chi connectivity index (χ2v) is 28.9. The van der Waals surface area contributed by atoms with Crippen LogP contribution in [0.3, 0.4) is 0 Å². The minimum Gasteiger partial charge on any atom is -0.462 e. The summed E-state index contributed by atoms with van der Waals surface area (Å²) in [6, 6.07) is 0. The van der Waals surface area contributed by atoms with Crippen LogP contribution in [0, 0.1) is 0 Å². The highest BCUT2D eigenvalue weighted by Gasteiger charge is 2.30. The molecule has 0 aliphatic heterocycles. The van der Waals surface area contributed by atoms with E-state index in [1.54, 1.807) is 0 Å². The minimum atomic E-state index is -4.96. The van der Waals surface area contributed by atoms with E-state index in [2.05, 4.69) is 52.0 Å². The maximum atomic E-state index is 13.1. The maximum Gasteiger partial charge on any atom is 0.472 e. The lowest BCUT2D eigenvalue weighted by atomic mass is 10.0. The smallest absolute Gasteiger partial charge is 0.462 e. The minimum absolute atomic E-state index is 0.0860. The van der Waals surface area contributed by atoms with Gasteiger partial charge in [0.25, 0.3) is 0 Å². The van der Waals surface area contributed by atoms with Gasteiger partial charge in [-0.25, -0.2) is 9.13 Å². The Bertz CT molecular complexity index is 1870. The van der Waals surface area contributed by atoms with E-state index in [0.29, 0.717) is 25.7 Å². The zero-order valence-electron chi connectivity index (χ0n) is 59.7. The van der Waals surface area contributed by atoms with Crippen LogP contribution in [0.4, 0.5) is 0 Å². The zero-order valence-corrected chi connectivity index (χ0v) is 61.5. The standard InChI is InChI=1S/C74H140O17P2/c1-5-9-13-17-21-25-29-32-34-37-39-43-47-51-55-59-72(77)85-65-70(91-74(79)61-57-53-49-45-41-38-35-33-30-26-22-18-14-10-6-2)67-89-93(82,83)87-63-68(75)62-86-92(80,81)88-66-69(64-84-71(76)58-54-50-46-42-28-24-20-16-12-8-4)90-73(78)60-56-52-48-44-40-36-31-27-23-19-15-11-7-3/h26,30,33,35,68-70,75H,5-25,27-29,31-32,34,36-67H2,1-4H3,(H,80,81)(H,82,83)/b30-26-,35-33-/t68-,69+,70+/m0/s1. The van der Waals surface area contributed by atoms with Crippen molar-refractivity contribution in [3.05, 3.63) is 24.3 Å². The van der Waals surface area contributed by atoms with Crippen molar-refractivity contribution in [2.24, 2.45) is 0 Å². The predicted molar refractivity (Wildman–Crippen MR) is 377 cm³/mol. The molecule has 0 radical (unpaired) electrons. The van der Waals surface area contributed by atoms with Gasteiger partial charge in [-0.1, -0.05) is 315 Å². The topological polar surface area (TPSA) is 237 Å². The van der Waals surface area contributed by atoms with Gasteiger partial charge in [0.1, 0.15) is 19.3 Å². The lowest BCUT2D eigenvalue weighted by molar-refractivity contribution is -0.161. The average Bonchev–Trinajstić information content (AvgIpc) is 2.66. The molecule has 2 unspecified atom stereocenters. The number of carbonyl (C=O) groups excluding carboxylic acids is 4. The largest absolute Gasteiger partial charge is 0.472 e. The Morgan fingerprint density at radius 1 is 0.301 bits per heavy atom. The summed E-state index contributed by atoms with van der Waals surface area (Å²) in [6.45, 7) is 4.91. The molecule has 0 aromatic heterocycles. The molecule has 17 nitrogen and oxygen atoms in total.